The molecular formula is C46H32. The van der Waals surface area contributed by atoms with Crippen LogP contribution in [-0.4, -0.2) is 0 Å². The summed E-state index contributed by atoms with van der Waals surface area (Å²) in [4.78, 5) is 0. The van der Waals surface area contributed by atoms with Crippen molar-refractivity contribution in [3.8, 4) is 0 Å². The van der Waals surface area contributed by atoms with Crippen molar-refractivity contribution in [1.82, 2.24) is 0 Å². The van der Waals surface area contributed by atoms with Crippen molar-refractivity contribution in [3.63, 3.8) is 0 Å². The molecule has 1 aliphatic rings. The summed E-state index contributed by atoms with van der Waals surface area (Å²) in [6.07, 6.45) is 2.47. The molecule has 10 aromatic carbocycles. The van der Waals surface area contributed by atoms with Gasteiger partial charge in [-0.25, -0.2) is 0 Å². The summed E-state index contributed by atoms with van der Waals surface area (Å²) in [7, 11) is 0. The smallest absolute Gasteiger partial charge is 0.00264 e. The Hall–Kier alpha value is -5.72. The van der Waals surface area contributed by atoms with E-state index in [-0.39, 0.29) is 0 Å². The van der Waals surface area contributed by atoms with Crippen LogP contribution in [0.3, 0.4) is 0 Å². The molecule has 0 radical (unpaired) electrons. The van der Waals surface area contributed by atoms with Crippen LogP contribution in [0.15, 0.2) is 170 Å². The number of benzene rings is 10. The van der Waals surface area contributed by atoms with Gasteiger partial charge < -0.3 is 0 Å². The molecule has 0 spiro atoms. The van der Waals surface area contributed by atoms with E-state index in [1.54, 1.807) is 0 Å². The highest BCUT2D eigenvalue weighted by Crippen LogP contribution is 2.39. The van der Waals surface area contributed by atoms with Crippen LogP contribution in [0.5, 0.6) is 0 Å². The lowest BCUT2D eigenvalue weighted by Gasteiger charge is -2.13. The van der Waals surface area contributed by atoms with E-state index in [0.717, 1.165) is 0 Å². The molecule has 0 saturated heterocycles. The van der Waals surface area contributed by atoms with Gasteiger partial charge in [-0.2, -0.15) is 0 Å². The molecule has 46 heavy (non-hydrogen) atoms. The summed E-state index contributed by atoms with van der Waals surface area (Å²) in [5.41, 5.74) is 3.06. The van der Waals surface area contributed by atoms with Gasteiger partial charge in [-0.3, -0.25) is 0 Å². The summed E-state index contributed by atoms with van der Waals surface area (Å²) in [5.74, 6) is 0. The highest BCUT2D eigenvalue weighted by Gasteiger charge is 2.13. The molecule has 0 aromatic heterocycles. The van der Waals surface area contributed by atoms with E-state index in [4.69, 9.17) is 0 Å². The predicted octanol–water partition coefficient (Wildman–Crippen LogP) is 12.7. The Morgan fingerprint density at radius 3 is 0.870 bits per heavy atom. The zero-order valence-electron chi connectivity index (χ0n) is 25.6. The van der Waals surface area contributed by atoms with E-state index in [9.17, 15) is 0 Å². The van der Waals surface area contributed by atoms with Gasteiger partial charge in [-0.1, -0.05) is 158 Å². The van der Waals surface area contributed by atoms with Crippen molar-refractivity contribution < 1.29 is 0 Å². The first-order valence-electron chi connectivity index (χ1n) is 16.2. The van der Waals surface area contributed by atoms with Crippen LogP contribution in [0.4, 0.5) is 0 Å². The first kappa shape index (κ1) is 26.7. The van der Waals surface area contributed by atoms with E-state index in [2.05, 4.69) is 170 Å². The molecule has 11 rings (SSSR count). The minimum Gasteiger partial charge on any atom is -0.0616 e. The fourth-order valence-electron chi connectivity index (χ4n) is 7.65. The maximum absolute atomic E-state index is 2.25. The van der Waals surface area contributed by atoms with E-state index in [0.29, 0.717) is 0 Å². The van der Waals surface area contributed by atoms with Crippen LogP contribution in [0.2, 0.25) is 0 Å². The minimum atomic E-state index is 1.23. The Morgan fingerprint density at radius 1 is 0.239 bits per heavy atom. The quantitative estimate of drug-likeness (QED) is 0.123. The fourth-order valence-corrected chi connectivity index (χ4v) is 7.65. The maximum Gasteiger partial charge on any atom is -0.00264 e. The number of hydrogen-bond donors (Lipinski definition) is 0. The molecule has 0 heterocycles. The minimum absolute atomic E-state index is 1.23. The van der Waals surface area contributed by atoms with E-state index < -0.39 is 0 Å². The third-order valence-electron chi connectivity index (χ3n) is 9.74. The number of rotatable bonds is 0. The van der Waals surface area contributed by atoms with Crippen LogP contribution < -0.4 is 0 Å². The first-order valence-corrected chi connectivity index (χ1v) is 16.2. The van der Waals surface area contributed by atoms with Gasteiger partial charge in [0.1, 0.15) is 0 Å². The summed E-state index contributed by atoms with van der Waals surface area (Å²) in [6.45, 7) is 0. The standard InChI is InChI=1S/C20H12.C14H10.C12H10/c1-5-13-6-2-11-17-18-12-4-8-14-7-3-10-16(20(14)18)15(9-1)19(13)17;1-2-6-12-10-14-8-4-3-7-13(14)9-11(12)5-1;1-3-9-4-2-6-11-8-7-10(5-1)12(9)11/h1-12H;1-10H;1-6H,7-8H2. The summed E-state index contributed by atoms with van der Waals surface area (Å²) >= 11 is 0. The van der Waals surface area contributed by atoms with Gasteiger partial charge in [0.15, 0.2) is 0 Å². The SMILES string of the molecule is c1cc2c3c(cccc3c1)CC2.c1cc2cccc3c4cccc5cccc(c(c1)c23)c54.c1ccc2cc3ccccc3cc2c1. The monoisotopic (exact) mass is 584 g/mol. The lowest BCUT2D eigenvalue weighted by molar-refractivity contribution is 1.02. The highest BCUT2D eigenvalue weighted by molar-refractivity contribution is 6.32. The normalized spacial score (nSPS) is 12.2. The van der Waals surface area contributed by atoms with E-state index >= 15 is 0 Å². The molecule has 216 valence electrons. The van der Waals surface area contributed by atoms with Crippen LogP contribution in [-0.2, 0) is 12.8 Å². The number of hydrogen-bond acceptors (Lipinski definition) is 0. The highest BCUT2D eigenvalue weighted by atomic mass is 14.2. The lowest BCUT2D eigenvalue weighted by atomic mass is 9.90. The molecule has 1 aliphatic carbocycles. The second-order valence-electron chi connectivity index (χ2n) is 12.4. The van der Waals surface area contributed by atoms with Crippen LogP contribution in [0.1, 0.15) is 11.1 Å². The zero-order valence-corrected chi connectivity index (χ0v) is 25.6. The molecule has 0 saturated carbocycles. The van der Waals surface area contributed by atoms with Crippen molar-refractivity contribution in [2.75, 3.05) is 0 Å². The van der Waals surface area contributed by atoms with Gasteiger partial charge in [-0.15, -0.1) is 0 Å². The molecule has 10 aromatic rings. The van der Waals surface area contributed by atoms with Crippen molar-refractivity contribution in [2.45, 2.75) is 12.8 Å². The van der Waals surface area contributed by atoms with Crippen molar-refractivity contribution >= 4 is 75.4 Å². The maximum atomic E-state index is 2.25. The molecule has 0 unspecified atom stereocenters. The number of fused-ring (bicyclic) bond motifs is 4. The molecule has 0 fully saturated rings. The second-order valence-corrected chi connectivity index (χ2v) is 12.4. The summed E-state index contributed by atoms with van der Waals surface area (Å²) in [5, 5.41) is 19.0. The molecule has 0 amide bonds. The Morgan fingerprint density at radius 2 is 0.522 bits per heavy atom. The van der Waals surface area contributed by atoms with Gasteiger partial charge in [-0.05, 0) is 112 Å². The van der Waals surface area contributed by atoms with E-state index in [1.165, 1.54) is 99.4 Å². The van der Waals surface area contributed by atoms with Crippen LogP contribution in [0, 0.1) is 0 Å². The third kappa shape index (κ3) is 4.45. The third-order valence-corrected chi connectivity index (χ3v) is 9.74. The van der Waals surface area contributed by atoms with Crippen molar-refractivity contribution in [3.05, 3.63) is 181 Å². The van der Waals surface area contributed by atoms with E-state index in [1.807, 2.05) is 0 Å². The van der Waals surface area contributed by atoms with Gasteiger partial charge in [0.2, 0.25) is 0 Å². The zero-order chi connectivity index (χ0) is 30.5. The lowest BCUT2D eigenvalue weighted by Crippen LogP contribution is -1.85. The molecule has 0 aliphatic heterocycles. The number of aryl methyl sites for hydroxylation is 2. The summed E-state index contributed by atoms with van der Waals surface area (Å²) < 4.78 is 0. The first-order chi connectivity index (χ1) is 22.8. The van der Waals surface area contributed by atoms with Gasteiger partial charge in [0, 0.05) is 0 Å². The molecule has 0 heteroatoms. The average molecular weight is 585 g/mol. The van der Waals surface area contributed by atoms with Gasteiger partial charge in [0.05, 0.1) is 0 Å². The molecule has 0 nitrogen and oxygen atoms in total. The Bertz CT molecular complexity index is 2380. The predicted molar refractivity (Wildman–Crippen MR) is 200 cm³/mol. The Balaban J connectivity index is 0.0000000991. The van der Waals surface area contributed by atoms with Crippen LogP contribution >= 0.6 is 0 Å². The summed E-state index contributed by atoms with van der Waals surface area (Å²) in [6, 6.07) is 61.1. The molecule has 0 atom stereocenters. The largest absolute Gasteiger partial charge is 0.0616 e. The van der Waals surface area contributed by atoms with Gasteiger partial charge in [0.25, 0.3) is 0 Å². The average Bonchev–Trinajstić information content (AvgIpc) is 3.55. The Kier molecular flexibility index (Phi) is 6.39. The second kappa shape index (κ2) is 11.0. The Labute approximate surface area is 268 Å². The van der Waals surface area contributed by atoms with Crippen molar-refractivity contribution in [2.24, 2.45) is 0 Å². The fraction of sp³-hybridized carbons (Fsp3) is 0.0435. The van der Waals surface area contributed by atoms with Crippen molar-refractivity contribution in [1.29, 1.82) is 0 Å². The molecule has 0 N–H and O–H groups in total. The van der Waals surface area contributed by atoms with Crippen LogP contribution in [0.25, 0.3) is 75.4 Å². The molecular weight excluding hydrogens is 553 g/mol. The molecule has 0 bridgehead atoms. The van der Waals surface area contributed by atoms with Gasteiger partial charge >= 0.3 is 0 Å². The topological polar surface area (TPSA) is 0 Å².